The fraction of sp³-hybridized carbons (Fsp3) is 0.750. The number of nitrogens with zero attached hydrogens (tertiary/aromatic N) is 2. The summed E-state index contributed by atoms with van der Waals surface area (Å²) in [5.41, 5.74) is 5.81. The van der Waals surface area contributed by atoms with Gasteiger partial charge in [-0.3, -0.25) is 0 Å². The highest BCUT2D eigenvalue weighted by atomic mass is 32.1. The number of hydrogen-bond donors (Lipinski definition) is 1. The molecule has 0 unspecified atom stereocenters. The SMILES string of the molecule is CCC(N)(CC)COc1ncns1. The van der Waals surface area contributed by atoms with E-state index in [2.05, 4.69) is 23.2 Å². The molecule has 5 heteroatoms. The third kappa shape index (κ3) is 2.93. The van der Waals surface area contributed by atoms with Crippen LogP contribution in [-0.2, 0) is 0 Å². The van der Waals surface area contributed by atoms with E-state index in [1.807, 2.05) is 0 Å². The van der Waals surface area contributed by atoms with Crippen molar-refractivity contribution >= 4 is 11.5 Å². The van der Waals surface area contributed by atoms with Gasteiger partial charge in [-0.25, -0.2) is 0 Å². The maximum absolute atomic E-state index is 6.04. The van der Waals surface area contributed by atoms with E-state index in [1.54, 1.807) is 0 Å². The second kappa shape index (κ2) is 4.53. The Morgan fingerprint density at radius 3 is 2.69 bits per heavy atom. The van der Waals surface area contributed by atoms with Crippen molar-refractivity contribution in [1.29, 1.82) is 0 Å². The minimum absolute atomic E-state index is 0.230. The second-order valence-electron chi connectivity index (χ2n) is 3.07. The molecule has 4 nitrogen and oxygen atoms in total. The van der Waals surface area contributed by atoms with E-state index in [1.165, 1.54) is 17.9 Å². The molecular weight excluding hydrogens is 186 g/mol. The second-order valence-corrected chi connectivity index (χ2v) is 3.81. The number of nitrogens with two attached hydrogens (primary N) is 1. The van der Waals surface area contributed by atoms with Crippen molar-refractivity contribution in [2.24, 2.45) is 5.73 Å². The zero-order valence-electron chi connectivity index (χ0n) is 7.99. The van der Waals surface area contributed by atoms with E-state index in [4.69, 9.17) is 10.5 Å². The molecule has 0 fully saturated rings. The van der Waals surface area contributed by atoms with Gasteiger partial charge in [-0.15, -0.1) is 0 Å². The van der Waals surface area contributed by atoms with Gasteiger partial charge in [-0.05, 0) is 12.8 Å². The van der Waals surface area contributed by atoms with Crippen molar-refractivity contribution in [1.82, 2.24) is 9.36 Å². The van der Waals surface area contributed by atoms with Gasteiger partial charge >= 0.3 is 0 Å². The summed E-state index contributed by atoms with van der Waals surface area (Å²) < 4.78 is 9.25. The standard InChI is InChI=1S/C8H15N3OS/c1-3-8(9,4-2)5-12-7-10-6-11-13-7/h6H,3-5,9H2,1-2H3. The lowest BCUT2D eigenvalue weighted by Crippen LogP contribution is -2.44. The third-order valence-electron chi connectivity index (χ3n) is 2.23. The summed E-state index contributed by atoms with van der Waals surface area (Å²) in [7, 11) is 0. The van der Waals surface area contributed by atoms with Gasteiger partial charge in [-0.2, -0.15) is 9.36 Å². The Labute approximate surface area is 82.3 Å². The van der Waals surface area contributed by atoms with Crippen LogP contribution in [0.2, 0.25) is 0 Å². The van der Waals surface area contributed by atoms with Gasteiger partial charge in [0.1, 0.15) is 12.9 Å². The Morgan fingerprint density at radius 2 is 2.23 bits per heavy atom. The fourth-order valence-corrected chi connectivity index (χ4v) is 1.28. The van der Waals surface area contributed by atoms with E-state index < -0.39 is 0 Å². The van der Waals surface area contributed by atoms with Gasteiger partial charge in [-0.1, -0.05) is 13.8 Å². The highest BCUT2D eigenvalue weighted by Gasteiger charge is 2.21. The molecule has 13 heavy (non-hydrogen) atoms. The van der Waals surface area contributed by atoms with Crippen LogP contribution in [0.5, 0.6) is 5.19 Å². The van der Waals surface area contributed by atoms with Gasteiger partial charge in [0, 0.05) is 17.1 Å². The monoisotopic (exact) mass is 201 g/mol. The predicted octanol–water partition coefficient (Wildman–Crippen LogP) is 1.43. The summed E-state index contributed by atoms with van der Waals surface area (Å²) in [5.74, 6) is 0. The van der Waals surface area contributed by atoms with Crippen LogP contribution in [-0.4, -0.2) is 21.5 Å². The van der Waals surface area contributed by atoms with Crippen LogP contribution in [0, 0.1) is 0 Å². The lowest BCUT2D eigenvalue weighted by atomic mass is 9.96. The molecule has 1 aromatic rings. The van der Waals surface area contributed by atoms with E-state index in [0.29, 0.717) is 11.8 Å². The highest BCUT2D eigenvalue weighted by Crippen LogP contribution is 2.16. The van der Waals surface area contributed by atoms with Crippen molar-refractivity contribution < 1.29 is 4.74 Å². The summed E-state index contributed by atoms with van der Waals surface area (Å²) in [6.07, 6.45) is 3.29. The molecule has 0 atom stereocenters. The topological polar surface area (TPSA) is 61.0 Å². The average Bonchev–Trinajstić information content (AvgIpc) is 2.67. The first-order valence-electron chi connectivity index (χ1n) is 4.38. The molecule has 0 aromatic carbocycles. The molecule has 0 aliphatic heterocycles. The molecule has 0 spiro atoms. The van der Waals surface area contributed by atoms with Gasteiger partial charge in [0.15, 0.2) is 0 Å². The largest absolute Gasteiger partial charge is 0.467 e. The van der Waals surface area contributed by atoms with Crippen molar-refractivity contribution in [3.8, 4) is 5.19 Å². The number of aromatic nitrogens is 2. The highest BCUT2D eigenvalue weighted by molar-refractivity contribution is 7.07. The molecule has 1 aromatic heterocycles. The average molecular weight is 201 g/mol. The number of rotatable bonds is 5. The summed E-state index contributed by atoms with van der Waals surface area (Å²) in [6.45, 7) is 4.63. The van der Waals surface area contributed by atoms with Crippen LogP contribution >= 0.6 is 11.5 Å². The predicted molar refractivity (Wildman–Crippen MR) is 52.9 cm³/mol. The molecule has 1 rings (SSSR count). The van der Waals surface area contributed by atoms with Crippen LogP contribution in [0.25, 0.3) is 0 Å². The first kappa shape index (κ1) is 10.4. The Kier molecular flexibility index (Phi) is 3.62. The molecule has 0 amide bonds. The van der Waals surface area contributed by atoms with Crippen LogP contribution in [0.4, 0.5) is 0 Å². The van der Waals surface area contributed by atoms with E-state index in [0.717, 1.165) is 12.8 Å². The zero-order chi connectivity index (χ0) is 9.73. The van der Waals surface area contributed by atoms with E-state index in [-0.39, 0.29) is 5.54 Å². The summed E-state index contributed by atoms with van der Waals surface area (Å²) in [6, 6.07) is 0. The molecule has 0 bridgehead atoms. The van der Waals surface area contributed by atoms with Crippen molar-refractivity contribution in [2.45, 2.75) is 32.2 Å². The zero-order valence-corrected chi connectivity index (χ0v) is 8.80. The minimum Gasteiger partial charge on any atom is -0.467 e. The normalized spacial score (nSPS) is 11.6. The first-order valence-corrected chi connectivity index (χ1v) is 5.16. The molecule has 0 radical (unpaired) electrons. The Balaban J connectivity index is 2.41. The molecule has 0 aliphatic carbocycles. The van der Waals surface area contributed by atoms with Crippen LogP contribution < -0.4 is 10.5 Å². The molecule has 0 saturated carbocycles. The lowest BCUT2D eigenvalue weighted by Gasteiger charge is -2.25. The maximum atomic E-state index is 6.04. The third-order valence-corrected chi connectivity index (χ3v) is 2.81. The van der Waals surface area contributed by atoms with Crippen LogP contribution in [0.1, 0.15) is 26.7 Å². The lowest BCUT2D eigenvalue weighted by molar-refractivity contribution is 0.206. The smallest absolute Gasteiger partial charge is 0.292 e. The van der Waals surface area contributed by atoms with Crippen molar-refractivity contribution in [3.05, 3.63) is 6.33 Å². The van der Waals surface area contributed by atoms with Crippen molar-refractivity contribution in [2.75, 3.05) is 6.61 Å². The quantitative estimate of drug-likeness (QED) is 0.783. The Bertz CT molecular complexity index is 234. The summed E-state index contributed by atoms with van der Waals surface area (Å²) in [5, 5.41) is 0.594. The van der Waals surface area contributed by atoms with E-state index in [9.17, 15) is 0 Å². The first-order chi connectivity index (χ1) is 6.20. The minimum atomic E-state index is -0.230. The molecule has 1 heterocycles. The van der Waals surface area contributed by atoms with E-state index >= 15 is 0 Å². The molecule has 0 saturated heterocycles. The van der Waals surface area contributed by atoms with Crippen LogP contribution in [0.3, 0.4) is 0 Å². The molecule has 2 N–H and O–H groups in total. The molecule has 0 aliphatic rings. The van der Waals surface area contributed by atoms with Gasteiger partial charge in [0.25, 0.3) is 5.19 Å². The number of hydrogen-bond acceptors (Lipinski definition) is 5. The maximum Gasteiger partial charge on any atom is 0.292 e. The summed E-state index contributed by atoms with van der Waals surface area (Å²) in [4.78, 5) is 3.92. The van der Waals surface area contributed by atoms with Crippen molar-refractivity contribution in [3.63, 3.8) is 0 Å². The molecular formula is C8H15N3OS. The summed E-state index contributed by atoms with van der Waals surface area (Å²) >= 11 is 1.25. The fourth-order valence-electron chi connectivity index (χ4n) is 0.886. The Morgan fingerprint density at radius 1 is 1.54 bits per heavy atom. The Hall–Kier alpha value is -0.680. The molecule has 74 valence electrons. The van der Waals surface area contributed by atoms with Gasteiger partial charge in [0.05, 0.1) is 0 Å². The van der Waals surface area contributed by atoms with Gasteiger partial charge < -0.3 is 10.5 Å². The van der Waals surface area contributed by atoms with Crippen LogP contribution in [0.15, 0.2) is 6.33 Å². The number of ether oxygens (including phenoxy) is 1. The van der Waals surface area contributed by atoms with Gasteiger partial charge in [0.2, 0.25) is 0 Å².